The molecule has 0 amide bonds. The Morgan fingerprint density at radius 1 is 0.692 bits per heavy atom. The molecule has 10 nitrogen and oxygen atoms in total. The maximum atomic E-state index is 12.5. The van der Waals surface area contributed by atoms with Crippen LogP contribution in [0, 0.1) is 0 Å². The van der Waals surface area contributed by atoms with Gasteiger partial charge in [0.1, 0.15) is 6.61 Å². The monoisotopic (exact) mass is 753 g/mol. The molecule has 0 aromatic rings. The largest absolute Gasteiger partial charge is 0.472 e. The number of carbonyl (C=O) groups is 2. The van der Waals surface area contributed by atoms with Crippen LogP contribution in [0.5, 0.6) is 0 Å². The van der Waals surface area contributed by atoms with Crippen LogP contribution >= 0.6 is 7.82 Å². The van der Waals surface area contributed by atoms with Crippen molar-refractivity contribution in [2.45, 2.75) is 173 Å². The fourth-order valence-corrected chi connectivity index (χ4v) is 6.30. The number of hydrogen-bond acceptors (Lipinski definition) is 9. The highest BCUT2D eigenvalue weighted by Gasteiger charge is 2.36. The second kappa shape index (κ2) is 33.5. The lowest BCUT2D eigenvalue weighted by molar-refractivity contribution is -0.161. The smallest absolute Gasteiger partial charge is 0.462 e. The summed E-state index contributed by atoms with van der Waals surface area (Å²) in [4.78, 5) is 34.8. The van der Waals surface area contributed by atoms with Gasteiger partial charge in [0.2, 0.25) is 0 Å². The van der Waals surface area contributed by atoms with E-state index in [-0.39, 0.29) is 32.6 Å². The summed E-state index contributed by atoms with van der Waals surface area (Å²) in [5.41, 5.74) is 5.33. The van der Waals surface area contributed by atoms with Crippen molar-refractivity contribution in [3.8, 4) is 0 Å². The van der Waals surface area contributed by atoms with Gasteiger partial charge in [-0.3, -0.25) is 18.6 Å². The van der Waals surface area contributed by atoms with E-state index in [4.69, 9.17) is 29.0 Å². The molecular formula is C41H72NO9P. The number of unbranched alkanes of at least 4 members (excludes halogenated alkanes) is 13. The van der Waals surface area contributed by atoms with E-state index in [1.807, 2.05) is 6.08 Å². The minimum absolute atomic E-state index is 0.0412. The van der Waals surface area contributed by atoms with Gasteiger partial charge in [-0.25, -0.2) is 4.57 Å². The molecular weight excluding hydrogens is 681 g/mol. The van der Waals surface area contributed by atoms with E-state index in [9.17, 15) is 19.0 Å². The molecule has 1 saturated heterocycles. The highest BCUT2D eigenvalue weighted by atomic mass is 31.2. The summed E-state index contributed by atoms with van der Waals surface area (Å²) < 4.78 is 38.4. The average Bonchev–Trinajstić information content (AvgIpc) is 3.89. The standard InChI is InChI=1S/C41H72NO9P/c1-3-5-7-9-11-12-13-14-15-16-19-23-27-31-40(43)47-35-37(36-49-52(45,46)48-34-33-42)50-41(44)32-28-24-20-17-18-22-26-30-39-38(51-39)29-25-21-10-8-6-4-2/h6,8,17,20-22,25-26,37-39H,3-5,7,9-16,18-19,23-24,27-36,42H2,1-2H3,(H,45,46)/b8-6-,20-17-,25-21-,26-22-. The molecule has 0 aromatic heterocycles. The lowest BCUT2D eigenvalue weighted by atomic mass is 10.0. The number of nitrogens with two attached hydrogens (primary N) is 1. The fraction of sp³-hybridized carbons (Fsp3) is 0.756. The molecule has 0 aliphatic carbocycles. The zero-order valence-electron chi connectivity index (χ0n) is 32.5. The summed E-state index contributed by atoms with van der Waals surface area (Å²) in [7, 11) is -4.39. The number of epoxide rings is 1. The first kappa shape index (κ1) is 48.0. The van der Waals surface area contributed by atoms with Crippen LogP contribution in [0.15, 0.2) is 48.6 Å². The van der Waals surface area contributed by atoms with Gasteiger partial charge < -0.3 is 24.8 Å². The van der Waals surface area contributed by atoms with E-state index in [0.29, 0.717) is 25.0 Å². The summed E-state index contributed by atoms with van der Waals surface area (Å²) >= 11 is 0. The number of hydrogen-bond donors (Lipinski definition) is 2. The van der Waals surface area contributed by atoms with E-state index < -0.39 is 32.5 Å². The predicted octanol–water partition coefficient (Wildman–Crippen LogP) is 10.1. The van der Waals surface area contributed by atoms with Crippen LogP contribution < -0.4 is 5.73 Å². The Bertz CT molecular complexity index is 1060. The van der Waals surface area contributed by atoms with Gasteiger partial charge in [0, 0.05) is 19.4 Å². The van der Waals surface area contributed by atoms with Gasteiger partial charge >= 0.3 is 19.8 Å². The first-order valence-corrected chi connectivity index (χ1v) is 21.7. The van der Waals surface area contributed by atoms with E-state index >= 15 is 0 Å². The van der Waals surface area contributed by atoms with Gasteiger partial charge in [0.15, 0.2) is 6.10 Å². The Labute approximate surface area is 315 Å². The van der Waals surface area contributed by atoms with Gasteiger partial charge in [-0.1, -0.05) is 140 Å². The fourth-order valence-electron chi connectivity index (χ4n) is 5.53. The Hall–Kier alpha value is -2.07. The molecule has 1 rings (SSSR count). The first-order chi connectivity index (χ1) is 25.3. The summed E-state index contributed by atoms with van der Waals surface area (Å²) in [5.74, 6) is -0.904. The number of carbonyl (C=O) groups excluding carboxylic acids is 2. The van der Waals surface area contributed by atoms with Crippen molar-refractivity contribution in [1.29, 1.82) is 0 Å². The van der Waals surface area contributed by atoms with Crippen LogP contribution in [0.3, 0.4) is 0 Å². The molecule has 3 N–H and O–H groups in total. The molecule has 0 radical (unpaired) electrons. The van der Waals surface area contributed by atoms with E-state index in [0.717, 1.165) is 51.4 Å². The van der Waals surface area contributed by atoms with Gasteiger partial charge in [-0.05, 0) is 51.4 Å². The highest BCUT2D eigenvalue weighted by molar-refractivity contribution is 7.47. The number of phosphoric ester groups is 1. The maximum Gasteiger partial charge on any atom is 0.472 e. The third-order valence-electron chi connectivity index (χ3n) is 8.63. The van der Waals surface area contributed by atoms with Gasteiger partial charge in [0.05, 0.1) is 25.4 Å². The topological polar surface area (TPSA) is 147 Å². The molecule has 0 saturated carbocycles. The quantitative estimate of drug-likeness (QED) is 0.0208. The molecule has 52 heavy (non-hydrogen) atoms. The van der Waals surface area contributed by atoms with Crippen LogP contribution in [-0.2, 0) is 37.4 Å². The van der Waals surface area contributed by atoms with Gasteiger partial charge in [-0.2, -0.15) is 0 Å². The molecule has 1 aliphatic rings. The van der Waals surface area contributed by atoms with Gasteiger partial charge in [0.25, 0.3) is 0 Å². The highest BCUT2D eigenvalue weighted by Crippen LogP contribution is 2.43. The summed E-state index contributed by atoms with van der Waals surface area (Å²) in [6.07, 6.45) is 38.9. The third-order valence-corrected chi connectivity index (χ3v) is 9.62. The predicted molar refractivity (Wildman–Crippen MR) is 210 cm³/mol. The molecule has 0 aromatic carbocycles. The molecule has 1 heterocycles. The van der Waals surface area contributed by atoms with Crippen molar-refractivity contribution in [3.63, 3.8) is 0 Å². The van der Waals surface area contributed by atoms with E-state index in [1.54, 1.807) is 0 Å². The lowest BCUT2D eigenvalue weighted by Gasteiger charge is -2.19. The molecule has 1 aliphatic heterocycles. The molecule has 0 bridgehead atoms. The van der Waals surface area contributed by atoms with E-state index in [2.05, 4.69) is 56.4 Å². The SMILES string of the molecule is CC/C=C\C/C=C\CC1OC1C/C=C\C/C=C\CCCC(=O)OC(COC(=O)CCCCCCCCCCCCCCC)COP(=O)(O)OCCN. The lowest BCUT2D eigenvalue weighted by Crippen LogP contribution is -2.29. The minimum atomic E-state index is -4.39. The molecule has 4 atom stereocenters. The van der Waals surface area contributed by atoms with Crippen LogP contribution in [0.25, 0.3) is 0 Å². The summed E-state index contributed by atoms with van der Waals surface area (Å²) in [6.45, 7) is 3.52. The first-order valence-electron chi connectivity index (χ1n) is 20.2. The summed E-state index contributed by atoms with van der Waals surface area (Å²) in [5, 5.41) is 0. The Kier molecular flexibility index (Phi) is 30.9. The number of allylic oxidation sites excluding steroid dienone is 6. The molecule has 4 unspecified atom stereocenters. The number of phosphoric acid groups is 1. The second-order valence-corrected chi connectivity index (χ2v) is 15.0. The van der Waals surface area contributed by atoms with E-state index in [1.165, 1.54) is 64.2 Å². The van der Waals surface area contributed by atoms with Crippen molar-refractivity contribution in [1.82, 2.24) is 0 Å². The minimum Gasteiger partial charge on any atom is -0.462 e. The Morgan fingerprint density at radius 3 is 1.81 bits per heavy atom. The summed E-state index contributed by atoms with van der Waals surface area (Å²) in [6, 6.07) is 0. The van der Waals surface area contributed by atoms with Crippen molar-refractivity contribution in [2.75, 3.05) is 26.4 Å². The Morgan fingerprint density at radius 2 is 1.23 bits per heavy atom. The Balaban J connectivity index is 2.25. The van der Waals surface area contributed by atoms with Crippen molar-refractivity contribution in [2.24, 2.45) is 5.73 Å². The molecule has 11 heteroatoms. The van der Waals surface area contributed by atoms with Gasteiger partial charge in [-0.15, -0.1) is 0 Å². The van der Waals surface area contributed by atoms with Crippen LogP contribution in [0.1, 0.15) is 155 Å². The average molecular weight is 754 g/mol. The normalized spacial score (nSPS) is 17.8. The second-order valence-electron chi connectivity index (χ2n) is 13.5. The van der Waals surface area contributed by atoms with Crippen LogP contribution in [0.4, 0.5) is 0 Å². The molecule has 1 fully saturated rings. The third kappa shape index (κ3) is 30.4. The van der Waals surface area contributed by atoms with Crippen LogP contribution in [-0.4, -0.2) is 61.5 Å². The van der Waals surface area contributed by atoms with Crippen LogP contribution in [0.2, 0.25) is 0 Å². The number of esters is 2. The number of rotatable bonds is 36. The maximum absolute atomic E-state index is 12.5. The zero-order valence-corrected chi connectivity index (χ0v) is 33.4. The van der Waals surface area contributed by atoms with Crippen molar-refractivity contribution in [3.05, 3.63) is 48.6 Å². The van der Waals surface area contributed by atoms with Crippen molar-refractivity contribution < 1.29 is 42.3 Å². The zero-order chi connectivity index (χ0) is 38.0. The number of ether oxygens (including phenoxy) is 3. The molecule has 300 valence electrons. The molecule has 0 spiro atoms. The van der Waals surface area contributed by atoms with Crippen molar-refractivity contribution >= 4 is 19.8 Å².